The summed E-state index contributed by atoms with van der Waals surface area (Å²) in [4.78, 5) is 38.0. The van der Waals surface area contributed by atoms with Gasteiger partial charge >= 0.3 is 5.97 Å². The van der Waals surface area contributed by atoms with Gasteiger partial charge in [0.1, 0.15) is 0 Å². The molecule has 0 spiro atoms. The third kappa shape index (κ3) is 5.33. The molecule has 1 N–H and O–H groups in total. The highest BCUT2D eigenvalue weighted by Gasteiger charge is 2.35. The molecule has 1 aliphatic heterocycles. The van der Waals surface area contributed by atoms with Crippen LogP contribution in [0.1, 0.15) is 17.5 Å². The molecule has 0 aliphatic carbocycles. The van der Waals surface area contributed by atoms with Crippen LogP contribution in [0.15, 0.2) is 48.5 Å². The number of halogens is 1. The molecule has 1 atom stereocenters. The van der Waals surface area contributed by atoms with Crippen molar-refractivity contribution in [2.45, 2.75) is 13.0 Å². The van der Waals surface area contributed by atoms with Crippen LogP contribution in [0.5, 0.6) is 0 Å². The maximum Gasteiger partial charge on any atom is 0.311 e. The standard InChI is InChI=1S/C21H18ClN3O4/c22-18-4-2-1-3-15(18)11-25-12-16(9-20(25)27)21(28)29-13-19(26)24-17-7-5-14(10-23)6-8-17/h1-8,16H,9,11-13H2,(H,24,26)/t16-/m1/s1. The number of likely N-dealkylation sites (tertiary alicyclic amines) is 1. The summed E-state index contributed by atoms with van der Waals surface area (Å²) in [5.74, 6) is -1.86. The Labute approximate surface area is 172 Å². The van der Waals surface area contributed by atoms with E-state index < -0.39 is 24.4 Å². The number of carbonyl (C=O) groups excluding carboxylic acids is 3. The molecule has 2 aromatic rings. The van der Waals surface area contributed by atoms with Crippen molar-refractivity contribution >= 4 is 35.1 Å². The van der Waals surface area contributed by atoms with Gasteiger partial charge in [-0.05, 0) is 35.9 Å². The molecule has 8 heteroatoms. The van der Waals surface area contributed by atoms with Gasteiger partial charge in [0.05, 0.1) is 17.6 Å². The largest absolute Gasteiger partial charge is 0.455 e. The molecular weight excluding hydrogens is 394 g/mol. The number of rotatable bonds is 6. The Morgan fingerprint density at radius 2 is 1.93 bits per heavy atom. The third-order valence-corrected chi connectivity index (χ3v) is 4.88. The first kappa shape index (κ1) is 20.4. The Balaban J connectivity index is 1.48. The molecule has 0 bridgehead atoms. The highest BCUT2D eigenvalue weighted by molar-refractivity contribution is 6.31. The summed E-state index contributed by atoms with van der Waals surface area (Å²) in [6, 6.07) is 15.5. The zero-order valence-electron chi connectivity index (χ0n) is 15.4. The van der Waals surface area contributed by atoms with Crippen molar-refractivity contribution in [3.05, 3.63) is 64.7 Å². The summed E-state index contributed by atoms with van der Waals surface area (Å²) in [7, 11) is 0. The molecular formula is C21H18ClN3O4. The van der Waals surface area contributed by atoms with Crippen LogP contribution < -0.4 is 5.32 Å². The number of ether oxygens (including phenoxy) is 1. The maximum absolute atomic E-state index is 12.3. The normalized spacial score (nSPS) is 15.7. The molecule has 0 aromatic heterocycles. The molecule has 0 unspecified atom stereocenters. The molecule has 2 amide bonds. The van der Waals surface area contributed by atoms with Crippen LogP contribution in [0, 0.1) is 17.2 Å². The average molecular weight is 412 g/mol. The highest BCUT2D eigenvalue weighted by atomic mass is 35.5. The number of carbonyl (C=O) groups is 3. The van der Waals surface area contributed by atoms with E-state index in [1.54, 1.807) is 41.3 Å². The number of benzene rings is 2. The van der Waals surface area contributed by atoms with Crippen molar-refractivity contribution in [3.63, 3.8) is 0 Å². The molecule has 148 valence electrons. The zero-order valence-corrected chi connectivity index (χ0v) is 16.2. The fourth-order valence-corrected chi connectivity index (χ4v) is 3.19. The second-order valence-corrected chi connectivity index (χ2v) is 7.02. The lowest BCUT2D eigenvalue weighted by atomic mass is 10.1. The van der Waals surface area contributed by atoms with Gasteiger partial charge in [-0.25, -0.2) is 0 Å². The minimum absolute atomic E-state index is 0.0422. The van der Waals surface area contributed by atoms with Gasteiger partial charge in [0.15, 0.2) is 6.61 Å². The first-order chi connectivity index (χ1) is 14.0. The second kappa shape index (κ2) is 9.22. The molecule has 1 saturated heterocycles. The topological polar surface area (TPSA) is 99.5 Å². The molecule has 3 rings (SSSR count). The SMILES string of the molecule is N#Cc1ccc(NC(=O)COC(=O)[C@@H]2CC(=O)N(Cc3ccccc3Cl)C2)cc1. The number of esters is 1. The Hall–Kier alpha value is -3.37. The van der Waals surface area contributed by atoms with Crippen LogP contribution in [0.25, 0.3) is 0 Å². The molecule has 1 fully saturated rings. The molecule has 29 heavy (non-hydrogen) atoms. The van der Waals surface area contributed by atoms with E-state index in [4.69, 9.17) is 21.6 Å². The summed E-state index contributed by atoms with van der Waals surface area (Å²) in [6.45, 7) is 0.0929. The quantitative estimate of drug-likeness (QED) is 0.737. The van der Waals surface area contributed by atoms with Crippen molar-refractivity contribution in [3.8, 4) is 6.07 Å². The second-order valence-electron chi connectivity index (χ2n) is 6.61. The number of anilines is 1. The summed E-state index contributed by atoms with van der Waals surface area (Å²) < 4.78 is 5.07. The zero-order chi connectivity index (χ0) is 20.8. The third-order valence-electron chi connectivity index (χ3n) is 4.51. The van der Waals surface area contributed by atoms with Gasteiger partial charge in [0.25, 0.3) is 5.91 Å². The maximum atomic E-state index is 12.3. The van der Waals surface area contributed by atoms with Gasteiger partial charge in [-0.2, -0.15) is 5.26 Å². The van der Waals surface area contributed by atoms with Gasteiger partial charge < -0.3 is 15.0 Å². The Morgan fingerprint density at radius 3 is 2.62 bits per heavy atom. The minimum atomic E-state index is -0.618. The summed E-state index contributed by atoms with van der Waals surface area (Å²) >= 11 is 6.13. The van der Waals surface area contributed by atoms with Crippen LogP contribution in [0.3, 0.4) is 0 Å². The van der Waals surface area contributed by atoms with Crippen LogP contribution in [0.4, 0.5) is 5.69 Å². The lowest BCUT2D eigenvalue weighted by Gasteiger charge is -2.17. The smallest absolute Gasteiger partial charge is 0.311 e. The van der Waals surface area contributed by atoms with Gasteiger partial charge in [-0.15, -0.1) is 0 Å². The highest BCUT2D eigenvalue weighted by Crippen LogP contribution is 2.24. The van der Waals surface area contributed by atoms with E-state index in [0.29, 0.717) is 22.8 Å². The Bertz CT molecular complexity index is 969. The van der Waals surface area contributed by atoms with E-state index >= 15 is 0 Å². The molecule has 1 heterocycles. The summed E-state index contributed by atoms with van der Waals surface area (Å²) in [5, 5.41) is 11.9. The lowest BCUT2D eigenvalue weighted by Crippen LogP contribution is -2.28. The number of nitriles is 1. The van der Waals surface area contributed by atoms with Crippen molar-refractivity contribution < 1.29 is 19.1 Å². The number of hydrogen-bond acceptors (Lipinski definition) is 5. The number of nitrogens with one attached hydrogen (secondary N) is 1. The van der Waals surface area contributed by atoms with Crippen molar-refractivity contribution in [2.75, 3.05) is 18.5 Å². The van der Waals surface area contributed by atoms with Gasteiger partial charge in [0, 0.05) is 30.2 Å². The summed E-state index contributed by atoms with van der Waals surface area (Å²) in [5.41, 5.74) is 1.77. The van der Waals surface area contributed by atoms with Gasteiger partial charge in [-0.1, -0.05) is 29.8 Å². The number of amides is 2. The van der Waals surface area contributed by atoms with Crippen molar-refractivity contribution in [2.24, 2.45) is 5.92 Å². The Kier molecular flexibility index (Phi) is 6.47. The molecule has 1 aliphatic rings. The van der Waals surface area contributed by atoms with E-state index in [1.807, 2.05) is 18.2 Å². The van der Waals surface area contributed by atoms with Crippen molar-refractivity contribution in [1.82, 2.24) is 4.90 Å². The molecule has 0 saturated carbocycles. The fourth-order valence-electron chi connectivity index (χ4n) is 2.99. The van der Waals surface area contributed by atoms with Crippen LogP contribution >= 0.6 is 11.6 Å². The first-order valence-corrected chi connectivity index (χ1v) is 9.32. The molecule has 2 aromatic carbocycles. The van der Waals surface area contributed by atoms with Gasteiger partial charge in [-0.3, -0.25) is 14.4 Å². The number of nitrogens with zero attached hydrogens (tertiary/aromatic N) is 2. The summed E-state index contributed by atoms with van der Waals surface area (Å²) in [6.07, 6.45) is 0.0422. The fraction of sp³-hybridized carbons (Fsp3) is 0.238. The minimum Gasteiger partial charge on any atom is -0.455 e. The molecule has 7 nitrogen and oxygen atoms in total. The average Bonchev–Trinajstić information content (AvgIpc) is 3.09. The predicted molar refractivity (Wildman–Crippen MR) is 106 cm³/mol. The van der Waals surface area contributed by atoms with E-state index in [-0.39, 0.29) is 18.9 Å². The van der Waals surface area contributed by atoms with Gasteiger partial charge in [0.2, 0.25) is 5.91 Å². The van der Waals surface area contributed by atoms with Crippen LogP contribution in [0.2, 0.25) is 5.02 Å². The lowest BCUT2D eigenvalue weighted by molar-refractivity contribution is -0.151. The number of hydrogen-bond donors (Lipinski definition) is 1. The Morgan fingerprint density at radius 1 is 1.21 bits per heavy atom. The molecule has 0 radical (unpaired) electrons. The predicted octanol–water partition coefficient (Wildman–Crippen LogP) is 2.74. The first-order valence-electron chi connectivity index (χ1n) is 8.94. The van der Waals surface area contributed by atoms with E-state index in [2.05, 4.69) is 5.32 Å². The van der Waals surface area contributed by atoms with Crippen LogP contribution in [-0.2, 0) is 25.7 Å². The van der Waals surface area contributed by atoms with E-state index in [9.17, 15) is 14.4 Å². The van der Waals surface area contributed by atoms with E-state index in [0.717, 1.165) is 5.56 Å². The van der Waals surface area contributed by atoms with E-state index in [1.165, 1.54) is 0 Å². The van der Waals surface area contributed by atoms with Crippen LogP contribution in [-0.4, -0.2) is 35.8 Å². The van der Waals surface area contributed by atoms with Crippen molar-refractivity contribution in [1.29, 1.82) is 5.26 Å². The monoisotopic (exact) mass is 411 g/mol.